The van der Waals surface area contributed by atoms with Crippen molar-refractivity contribution in [3.05, 3.63) is 53.6 Å². The van der Waals surface area contributed by atoms with Crippen LogP contribution in [0.3, 0.4) is 0 Å². The molecule has 0 fully saturated rings. The quantitative estimate of drug-likeness (QED) is 0.519. The van der Waals surface area contributed by atoms with Crippen molar-refractivity contribution >= 4 is 29.2 Å². The van der Waals surface area contributed by atoms with Crippen LogP contribution < -0.4 is 14.8 Å². The van der Waals surface area contributed by atoms with E-state index < -0.39 is 0 Å². The second-order valence-electron chi connectivity index (χ2n) is 6.33. The van der Waals surface area contributed by atoms with E-state index in [0.29, 0.717) is 36.0 Å². The Morgan fingerprint density at radius 1 is 1.14 bits per heavy atom. The number of benzene rings is 2. The lowest BCUT2D eigenvalue weighted by Gasteiger charge is -2.10. The number of ether oxygens (including phenoxy) is 2. The number of carbonyl (C=O) groups excluding carboxylic acids is 1. The van der Waals surface area contributed by atoms with Crippen molar-refractivity contribution in [1.82, 2.24) is 14.7 Å². The van der Waals surface area contributed by atoms with Crippen molar-refractivity contribution in [2.45, 2.75) is 17.7 Å². The van der Waals surface area contributed by atoms with Crippen molar-refractivity contribution in [2.24, 2.45) is 0 Å². The van der Waals surface area contributed by atoms with Gasteiger partial charge in [-0.25, -0.2) is 4.98 Å². The fourth-order valence-electron chi connectivity index (χ4n) is 2.73. The summed E-state index contributed by atoms with van der Waals surface area (Å²) in [6.07, 6.45) is 0.715. The molecule has 1 aromatic heterocycles. The van der Waals surface area contributed by atoms with Gasteiger partial charge in [-0.05, 0) is 48.6 Å². The molecule has 0 spiro atoms. The largest absolute Gasteiger partial charge is 0.493 e. The summed E-state index contributed by atoms with van der Waals surface area (Å²) in [4.78, 5) is 16.7. The van der Waals surface area contributed by atoms with Crippen LogP contribution in [0.25, 0.3) is 11.4 Å². The molecule has 0 saturated carbocycles. The highest BCUT2D eigenvalue weighted by molar-refractivity contribution is 8.01. The molecule has 0 unspecified atom stereocenters. The summed E-state index contributed by atoms with van der Waals surface area (Å²) in [5.41, 5.74) is 3.23. The fourth-order valence-corrected chi connectivity index (χ4v) is 4.18. The summed E-state index contributed by atoms with van der Waals surface area (Å²) in [6, 6.07) is 13.8. The van der Waals surface area contributed by atoms with Crippen LogP contribution in [0.5, 0.6) is 11.5 Å². The molecule has 1 N–H and O–H groups in total. The van der Waals surface area contributed by atoms with Gasteiger partial charge in [0.25, 0.3) is 0 Å². The number of nitrogens with one attached hydrogen (secondary N) is 1. The van der Waals surface area contributed by atoms with Crippen LogP contribution in [-0.4, -0.2) is 41.8 Å². The Labute approximate surface area is 178 Å². The molecule has 29 heavy (non-hydrogen) atoms. The summed E-state index contributed by atoms with van der Waals surface area (Å²) in [7, 11) is 3.22. The lowest BCUT2D eigenvalue weighted by molar-refractivity contribution is -0.118. The lowest BCUT2D eigenvalue weighted by Crippen LogP contribution is -2.27. The maximum absolute atomic E-state index is 12.1. The van der Waals surface area contributed by atoms with E-state index in [1.54, 1.807) is 14.2 Å². The zero-order valence-corrected chi connectivity index (χ0v) is 18.2. The predicted octanol–water partition coefficient (Wildman–Crippen LogP) is 3.98. The van der Waals surface area contributed by atoms with Gasteiger partial charge in [-0.3, -0.25) is 4.79 Å². The minimum absolute atomic E-state index is 0.0252. The molecule has 6 nitrogen and oxygen atoms in total. The molecule has 0 bridgehead atoms. The van der Waals surface area contributed by atoms with Gasteiger partial charge in [0.1, 0.15) is 0 Å². The summed E-state index contributed by atoms with van der Waals surface area (Å²) in [5, 5.41) is 2.94. The van der Waals surface area contributed by atoms with Crippen molar-refractivity contribution in [3.63, 3.8) is 0 Å². The van der Waals surface area contributed by atoms with Crippen molar-refractivity contribution in [2.75, 3.05) is 26.5 Å². The Morgan fingerprint density at radius 3 is 2.72 bits per heavy atom. The standard InChI is InChI=1S/C21H23N3O3S2/c1-14-5-4-6-16(11-14)20-23-21(29-24-20)28-13-19(25)22-10-9-15-7-8-17(26-2)18(12-15)27-3/h4-8,11-12H,9-10,13H2,1-3H3,(H,22,25). The van der Waals surface area contributed by atoms with Gasteiger partial charge >= 0.3 is 0 Å². The zero-order chi connectivity index (χ0) is 20.6. The van der Waals surface area contributed by atoms with E-state index in [4.69, 9.17) is 9.47 Å². The van der Waals surface area contributed by atoms with Crippen molar-refractivity contribution in [1.29, 1.82) is 0 Å². The third kappa shape index (κ3) is 5.95. The van der Waals surface area contributed by atoms with E-state index in [1.807, 2.05) is 43.3 Å². The van der Waals surface area contributed by atoms with Crippen LogP contribution >= 0.6 is 23.3 Å². The molecule has 1 amide bonds. The number of hydrogen-bond donors (Lipinski definition) is 1. The average Bonchev–Trinajstić information content (AvgIpc) is 3.21. The molecule has 0 atom stereocenters. The van der Waals surface area contributed by atoms with Gasteiger partial charge in [0.2, 0.25) is 5.91 Å². The number of nitrogens with zero attached hydrogens (tertiary/aromatic N) is 2. The molecule has 1 heterocycles. The topological polar surface area (TPSA) is 73.3 Å². The average molecular weight is 430 g/mol. The van der Waals surface area contributed by atoms with E-state index in [9.17, 15) is 4.79 Å². The molecular weight excluding hydrogens is 406 g/mol. The van der Waals surface area contributed by atoms with Gasteiger partial charge < -0.3 is 14.8 Å². The van der Waals surface area contributed by atoms with Gasteiger partial charge in [0, 0.05) is 12.1 Å². The van der Waals surface area contributed by atoms with Crippen LogP contribution in [0.2, 0.25) is 0 Å². The molecule has 8 heteroatoms. The van der Waals surface area contributed by atoms with E-state index in [2.05, 4.69) is 20.7 Å². The van der Waals surface area contributed by atoms with Crippen LogP contribution in [0.15, 0.2) is 46.8 Å². The maximum atomic E-state index is 12.1. The van der Waals surface area contributed by atoms with Crippen LogP contribution in [0.4, 0.5) is 0 Å². The smallest absolute Gasteiger partial charge is 0.230 e. The SMILES string of the molecule is COc1ccc(CCNC(=O)CSc2nc(-c3cccc(C)c3)ns2)cc1OC. The highest BCUT2D eigenvalue weighted by atomic mass is 32.2. The Balaban J connectivity index is 1.45. The van der Waals surface area contributed by atoms with E-state index in [1.165, 1.54) is 28.9 Å². The Hall–Kier alpha value is -2.58. The summed E-state index contributed by atoms with van der Waals surface area (Å²) in [6.45, 7) is 2.59. The normalized spacial score (nSPS) is 10.6. The Kier molecular flexibility index (Phi) is 7.48. The van der Waals surface area contributed by atoms with Crippen molar-refractivity contribution < 1.29 is 14.3 Å². The molecule has 152 valence electrons. The number of thioether (sulfide) groups is 1. The number of amides is 1. The molecule has 3 rings (SSSR count). The molecule has 3 aromatic rings. The third-order valence-electron chi connectivity index (χ3n) is 4.19. The number of rotatable bonds is 9. The van der Waals surface area contributed by atoms with Crippen molar-refractivity contribution in [3.8, 4) is 22.9 Å². The monoisotopic (exact) mass is 429 g/mol. The second kappa shape index (κ2) is 10.3. The number of hydrogen-bond acceptors (Lipinski definition) is 7. The van der Waals surface area contributed by atoms with Gasteiger partial charge in [-0.1, -0.05) is 41.6 Å². The van der Waals surface area contributed by atoms with E-state index in [0.717, 1.165) is 15.5 Å². The molecule has 0 radical (unpaired) electrons. The van der Waals surface area contributed by atoms with E-state index in [-0.39, 0.29) is 5.91 Å². The second-order valence-corrected chi connectivity index (χ2v) is 8.31. The first kappa shape index (κ1) is 21.1. The molecule has 0 aliphatic rings. The van der Waals surface area contributed by atoms with Crippen LogP contribution in [0.1, 0.15) is 11.1 Å². The minimum Gasteiger partial charge on any atom is -0.493 e. The molecule has 0 aliphatic heterocycles. The first-order valence-electron chi connectivity index (χ1n) is 9.10. The van der Waals surface area contributed by atoms with Gasteiger partial charge in [0.05, 0.1) is 20.0 Å². The predicted molar refractivity (Wildman–Crippen MR) is 117 cm³/mol. The third-order valence-corrected chi connectivity index (χ3v) is 6.03. The van der Waals surface area contributed by atoms with E-state index >= 15 is 0 Å². The van der Waals surface area contributed by atoms with Gasteiger partial charge in [-0.2, -0.15) is 4.37 Å². The fraction of sp³-hybridized carbons (Fsp3) is 0.286. The molecule has 0 saturated heterocycles. The first-order valence-corrected chi connectivity index (χ1v) is 10.9. The lowest BCUT2D eigenvalue weighted by atomic mass is 10.1. The summed E-state index contributed by atoms with van der Waals surface area (Å²) < 4.78 is 15.7. The van der Waals surface area contributed by atoms with Crippen LogP contribution in [0, 0.1) is 6.92 Å². The number of carbonyl (C=O) groups is 1. The Bertz CT molecular complexity index is 975. The van der Waals surface area contributed by atoms with Gasteiger partial charge in [-0.15, -0.1) is 0 Å². The number of methoxy groups -OCH3 is 2. The van der Waals surface area contributed by atoms with Gasteiger partial charge in [0.15, 0.2) is 21.7 Å². The summed E-state index contributed by atoms with van der Waals surface area (Å²) in [5.74, 6) is 2.37. The number of aryl methyl sites for hydroxylation is 1. The maximum Gasteiger partial charge on any atom is 0.230 e. The van der Waals surface area contributed by atoms with Crippen LogP contribution in [-0.2, 0) is 11.2 Å². The highest BCUT2D eigenvalue weighted by Crippen LogP contribution is 2.28. The zero-order valence-electron chi connectivity index (χ0n) is 16.6. The summed E-state index contributed by atoms with van der Waals surface area (Å²) >= 11 is 2.72. The molecule has 2 aromatic carbocycles. The minimum atomic E-state index is -0.0252. The molecule has 0 aliphatic carbocycles. The number of aromatic nitrogens is 2. The highest BCUT2D eigenvalue weighted by Gasteiger charge is 2.10. The molecular formula is C21H23N3O3S2. The Morgan fingerprint density at radius 2 is 1.97 bits per heavy atom. The first-order chi connectivity index (χ1) is 14.1.